The van der Waals surface area contributed by atoms with E-state index in [4.69, 9.17) is 46.0 Å². The van der Waals surface area contributed by atoms with Crippen LogP contribution in [-0.2, 0) is 0 Å². The van der Waals surface area contributed by atoms with E-state index in [1.165, 1.54) is 0 Å². The van der Waals surface area contributed by atoms with Crippen LogP contribution in [0, 0.1) is 46.0 Å². The zero-order valence-electron chi connectivity index (χ0n) is 10.2. The molecule has 1 N–H and O–H groups in total. The molecule has 1 aromatic heterocycles. The number of aromatic amines is 1. The topological polar surface area (TPSA) is 240 Å². The summed E-state index contributed by atoms with van der Waals surface area (Å²) in [6.07, 6.45) is 0. The number of nitrogens with one attached hydrogen (secondary N) is 1. The van der Waals surface area contributed by atoms with Crippen molar-refractivity contribution < 1.29 is 15.3 Å². The van der Waals surface area contributed by atoms with Gasteiger partial charge in [-0.25, -0.2) is 0 Å². The zero-order valence-corrected chi connectivity index (χ0v) is 13.6. The van der Waals surface area contributed by atoms with Gasteiger partial charge in [0.25, 0.3) is 0 Å². The summed E-state index contributed by atoms with van der Waals surface area (Å²) in [6.45, 7) is 0. The standard InChI is InChI=1S/C6H5N3.Bi.3NO3/c1-2-4-6-5(3-1)7-9-8-6;;3*2-1(3)4/h1-4H,(H,7,8,9);;;;/q;+3;3*-1. The van der Waals surface area contributed by atoms with Crippen LogP contribution in [0.1, 0.15) is 0 Å². The van der Waals surface area contributed by atoms with Gasteiger partial charge in [-0.3, -0.25) is 0 Å². The van der Waals surface area contributed by atoms with E-state index in [1.54, 1.807) is 0 Å². The second-order valence-corrected chi connectivity index (χ2v) is 2.48. The molecule has 1 aromatic carbocycles. The number of rotatable bonds is 0. The van der Waals surface area contributed by atoms with Crippen molar-refractivity contribution in [2.75, 3.05) is 0 Å². The largest absolute Gasteiger partial charge is 3.00 e. The van der Waals surface area contributed by atoms with Crippen molar-refractivity contribution >= 4 is 37.2 Å². The molecule has 22 heavy (non-hydrogen) atoms. The maximum absolute atomic E-state index is 8.25. The minimum Gasteiger partial charge on any atom is -0.356 e. The van der Waals surface area contributed by atoms with Crippen molar-refractivity contribution in [3.05, 3.63) is 70.2 Å². The minimum atomic E-state index is -1.75. The molecule has 0 amide bonds. The third-order valence-corrected chi connectivity index (χ3v) is 1.22. The summed E-state index contributed by atoms with van der Waals surface area (Å²) in [7, 11) is 0. The van der Waals surface area contributed by atoms with Crippen molar-refractivity contribution in [3.63, 3.8) is 0 Å². The van der Waals surface area contributed by atoms with Crippen molar-refractivity contribution in [1.82, 2.24) is 15.4 Å². The van der Waals surface area contributed by atoms with Gasteiger partial charge in [-0.15, -0.1) is 0 Å². The van der Waals surface area contributed by atoms with E-state index in [-0.39, 0.29) is 26.2 Å². The van der Waals surface area contributed by atoms with E-state index in [1.807, 2.05) is 24.3 Å². The summed E-state index contributed by atoms with van der Waals surface area (Å²) >= 11 is 0. The molecule has 2 rings (SSSR count). The number of aromatic nitrogens is 3. The van der Waals surface area contributed by atoms with E-state index in [0.717, 1.165) is 11.0 Å². The van der Waals surface area contributed by atoms with E-state index < -0.39 is 15.3 Å². The average molecular weight is 514 g/mol. The van der Waals surface area contributed by atoms with Crippen LogP contribution in [0.5, 0.6) is 0 Å². The summed E-state index contributed by atoms with van der Waals surface area (Å²) in [6, 6.07) is 7.70. The number of hydrogen-bond acceptors (Lipinski definition) is 11. The van der Waals surface area contributed by atoms with Crippen molar-refractivity contribution in [3.8, 4) is 0 Å². The van der Waals surface area contributed by atoms with Gasteiger partial charge in [0.15, 0.2) is 0 Å². The first kappa shape index (κ1) is 24.1. The van der Waals surface area contributed by atoms with E-state index in [0.29, 0.717) is 0 Å². The normalized spacial score (nSPS) is 7.45. The van der Waals surface area contributed by atoms with Crippen LogP contribution in [0.15, 0.2) is 24.3 Å². The first-order chi connectivity index (χ1) is 9.66. The Morgan fingerprint density at radius 3 is 1.18 bits per heavy atom. The van der Waals surface area contributed by atoms with Crippen molar-refractivity contribution in [2.24, 2.45) is 0 Å². The first-order valence-electron chi connectivity index (χ1n) is 4.36. The molecular weight excluding hydrogens is 509 g/mol. The van der Waals surface area contributed by atoms with Gasteiger partial charge in [0.1, 0.15) is 11.0 Å². The van der Waals surface area contributed by atoms with E-state index >= 15 is 0 Å². The molecule has 118 valence electrons. The zero-order chi connectivity index (χ0) is 16.8. The monoisotopic (exact) mass is 514 g/mol. The van der Waals surface area contributed by atoms with Crippen LogP contribution in [0.3, 0.4) is 0 Å². The smallest absolute Gasteiger partial charge is 0.356 e. The number of hydrogen-bond donors (Lipinski definition) is 1. The Labute approximate surface area is 138 Å². The van der Waals surface area contributed by atoms with Gasteiger partial charge in [0.2, 0.25) is 0 Å². The molecule has 2 radical (unpaired) electrons. The average Bonchev–Trinajstić information content (AvgIpc) is 2.74. The minimum absolute atomic E-state index is 0. The second-order valence-electron chi connectivity index (χ2n) is 2.48. The van der Waals surface area contributed by atoms with Crippen LogP contribution in [0.4, 0.5) is 0 Å². The third-order valence-electron chi connectivity index (χ3n) is 1.22. The van der Waals surface area contributed by atoms with E-state index in [2.05, 4.69) is 15.4 Å². The Kier molecular flexibility index (Phi) is 15.9. The molecular formula is C6H5BiN6O9. The summed E-state index contributed by atoms with van der Waals surface area (Å²) in [5, 5.41) is 54.6. The van der Waals surface area contributed by atoms with Crippen molar-refractivity contribution in [2.45, 2.75) is 0 Å². The summed E-state index contributed by atoms with van der Waals surface area (Å²) in [4.78, 5) is 24.8. The Balaban J connectivity index is -0.000000241. The maximum Gasteiger partial charge on any atom is 3.00 e. The molecule has 0 aliphatic rings. The quantitative estimate of drug-likeness (QED) is 0.276. The Hall–Kier alpha value is -2.90. The number of para-hydroxylation sites is 2. The SMILES string of the molecule is O=[N+]([O-])[O-].O=[N+]([O-])[O-].O=[N+]([O-])[O-].[Bi+3].c1ccc2n[nH]nc2c1. The number of fused-ring (bicyclic) bond motifs is 1. The van der Waals surface area contributed by atoms with Gasteiger partial charge < -0.3 is 46.0 Å². The number of benzene rings is 1. The van der Waals surface area contributed by atoms with Crippen LogP contribution in [-0.4, -0.2) is 56.9 Å². The second kappa shape index (κ2) is 14.5. The maximum atomic E-state index is 8.25. The predicted molar refractivity (Wildman–Crippen MR) is 70.7 cm³/mol. The fraction of sp³-hybridized carbons (Fsp3) is 0. The molecule has 16 heteroatoms. The first-order valence-corrected chi connectivity index (χ1v) is 4.36. The molecule has 0 atom stereocenters. The Bertz CT molecular complexity index is 506. The van der Waals surface area contributed by atoms with Crippen LogP contribution in [0.25, 0.3) is 11.0 Å². The van der Waals surface area contributed by atoms with Gasteiger partial charge in [0.05, 0.1) is 15.3 Å². The van der Waals surface area contributed by atoms with Crippen LogP contribution >= 0.6 is 0 Å². The molecule has 1 heterocycles. The van der Waals surface area contributed by atoms with Gasteiger partial charge in [-0.05, 0) is 12.1 Å². The van der Waals surface area contributed by atoms with Crippen LogP contribution < -0.4 is 0 Å². The van der Waals surface area contributed by atoms with Crippen molar-refractivity contribution in [1.29, 1.82) is 0 Å². The summed E-state index contributed by atoms with van der Waals surface area (Å²) in [5.74, 6) is 0. The summed E-state index contributed by atoms with van der Waals surface area (Å²) < 4.78 is 0. The Morgan fingerprint density at radius 2 is 0.955 bits per heavy atom. The van der Waals surface area contributed by atoms with Gasteiger partial charge >= 0.3 is 26.2 Å². The molecule has 0 saturated carbocycles. The van der Waals surface area contributed by atoms with Gasteiger partial charge in [0, 0.05) is 0 Å². The molecule has 0 unspecified atom stereocenters. The van der Waals surface area contributed by atoms with Gasteiger partial charge in [-0.1, -0.05) is 12.1 Å². The fourth-order valence-corrected chi connectivity index (χ4v) is 0.786. The van der Waals surface area contributed by atoms with Gasteiger partial charge in [-0.2, -0.15) is 15.4 Å². The third kappa shape index (κ3) is 22.3. The molecule has 0 aliphatic heterocycles. The molecule has 0 fully saturated rings. The van der Waals surface area contributed by atoms with E-state index in [9.17, 15) is 0 Å². The molecule has 15 nitrogen and oxygen atoms in total. The Morgan fingerprint density at radius 1 is 0.727 bits per heavy atom. The number of H-pyrrole nitrogens is 1. The summed E-state index contributed by atoms with van der Waals surface area (Å²) in [5.41, 5.74) is 1.83. The number of nitrogens with zero attached hydrogens (tertiary/aromatic N) is 5. The molecule has 0 aliphatic carbocycles. The molecule has 2 aromatic rings. The molecule has 0 spiro atoms. The van der Waals surface area contributed by atoms with Crippen LogP contribution in [0.2, 0.25) is 0 Å². The molecule has 0 saturated heterocycles. The molecule has 0 bridgehead atoms. The fourth-order valence-electron chi connectivity index (χ4n) is 0.786. The predicted octanol–water partition coefficient (Wildman–Crippen LogP) is -0.140.